The highest BCUT2D eigenvalue weighted by Crippen LogP contribution is 2.26. The number of Topliss-reactive ketones (excluding diaryl/α,β-unsaturated/α-hetero) is 1. The molecule has 0 spiro atoms. The fourth-order valence-electron chi connectivity index (χ4n) is 2.72. The Morgan fingerprint density at radius 2 is 2.33 bits per heavy atom. The molecular weight excluding hydrogens is 292 g/mol. The minimum absolute atomic E-state index is 0.0487. The molecule has 2 aromatic rings. The van der Waals surface area contributed by atoms with Crippen LogP contribution >= 0.6 is 15.9 Å². The van der Waals surface area contributed by atoms with Crippen molar-refractivity contribution in [1.29, 1.82) is 0 Å². The second-order valence-corrected chi connectivity index (χ2v) is 5.81. The van der Waals surface area contributed by atoms with Gasteiger partial charge in [-0.1, -0.05) is 22.0 Å². The van der Waals surface area contributed by atoms with Crippen LogP contribution in [0.15, 0.2) is 28.9 Å². The van der Waals surface area contributed by atoms with E-state index in [1.807, 2.05) is 31.4 Å². The lowest BCUT2D eigenvalue weighted by molar-refractivity contribution is 0.0892. The van der Waals surface area contributed by atoms with Crippen LogP contribution < -0.4 is 0 Å². The normalized spacial score (nSPS) is 20.7. The van der Waals surface area contributed by atoms with E-state index in [4.69, 9.17) is 0 Å². The Hall–Kier alpha value is -1.13. The number of likely N-dealkylation sites (N-methyl/N-ethyl adjacent to an activating group) is 1. The standard InChI is InChI=1S/C14H15BrN2O/c1-17-6-2-3-13(17)14(18)11-8-16-12-7-9(15)4-5-10(11)12/h4-5,7-8,13,16H,2-3,6H2,1H3/t13-/m0/s1. The molecule has 1 saturated heterocycles. The van der Waals surface area contributed by atoms with E-state index in [9.17, 15) is 4.79 Å². The fraction of sp³-hybridized carbons (Fsp3) is 0.357. The SMILES string of the molecule is CN1CCC[C@H]1C(=O)c1c[nH]c2cc(Br)ccc12. The number of nitrogens with one attached hydrogen (secondary N) is 1. The van der Waals surface area contributed by atoms with Gasteiger partial charge in [0.25, 0.3) is 0 Å². The summed E-state index contributed by atoms with van der Waals surface area (Å²) in [5.41, 5.74) is 1.82. The van der Waals surface area contributed by atoms with Crippen LogP contribution in [0, 0.1) is 0 Å². The number of aromatic amines is 1. The zero-order valence-electron chi connectivity index (χ0n) is 10.2. The lowest BCUT2D eigenvalue weighted by Gasteiger charge is -2.17. The average molecular weight is 307 g/mol. The maximum atomic E-state index is 12.5. The maximum absolute atomic E-state index is 12.5. The van der Waals surface area contributed by atoms with Crippen molar-refractivity contribution in [3.8, 4) is 0 Å². The van der Waals surface area contributed by atoms with E-state index in [0.717, 1.165) is 40.3 Å². The van der Waals surface area contributed by atoms with Crippen molar-refractivity contribution in [3.63, 3.8) is 0 Å². The number of carbonyl (C=O) groups excluding carboxylic acids is 1. The van der Waals surface area contributed by atoms with Gasteiger partial charge in [0.2, 0.25) is 0 Å². The number of likely N-dealkylation sites (tertiary alicyclic amines) is 1. The van der Waals surface area contributed by atoms with E-state index in [1.54, 1.807) is 0 Å². The van der Waals surface area contributed by atoms with Gasteiger partial charge in [0.15, 0.2) is 5.78 Å². The molecule has 0 radical (unpaired) electrons. The molecule has 1 aromatic carbocycles. The van der Waals surface area contributed by atoms with Crippen LogP contribution in [0.5, 0.6) is 0 Å². The van der Waals surface area contributed by atoms with Gasteiger partial charge in [-0.15, -0.1) is 0 Å². The quantitative estimate of drug-likeness (QED) is 0.865. The van der Waals surface area contributed by atoms with Crippen molar-refractivity contribution in [1.82, 2.24) is 9.88 Å². The summed E-state index contributed by atoms with van der Waals surface area (Å²) in [4.78, 5) is 17.9. The molecule has 0 aliphatic carbocycles. The van der Waals surface area contributed by atoms with E-state index in [1.165, 1.54) is 0 Å². The molecule has 1 aliphatic heterocycles. The maximum Gasteiger partial charge on any atom is 0.182 e. The van der Waals surface area contributed by atoms with E-state index in [2.05, 4.69) is 25.8 Å². The third-order valence-corrected chi connectivity index (χ3v) is 4.23. The summed E-state index contributed by atoms with van der Waals surface area (Å²) in [7, 11) is 2.03. The molecule has 4 heteroatoms. The lowest BCUT2D eigenvalue weighted by atomic mass is 10.0. The molecule has 1 atom stereocenters. The van der Waals surface area contributed by atoms with Gasteiger partial charge in [0.1, 0.15) is 0 Å². The monoisotopic (exact) mass is 306 g/mol. The number of fused-ring (bicyclic) bond motifs is 1. The van der Waals surface area contributed by atoms with Crippen LogP contribution in [0.2, 0.25) is 0 Å². The predicted octanol–water partition coefficient (Wildman–Crippen LogP) is 3.21. The second-order valence-electron chi connectivity index (χ2n) is 4.90. The Kier molecular flexibility index (Phi) is 2.99. The van der Waals surface area contributed by atoms with Crippen molar-refractivity contribution in [2.24, 2.45) is 0 Å². The first-order valence-corrected chi connectivity index (χ1v) is 6.97. The Morgan fingerprint density at radius 1 is 1.50 bits per heavy atom. The molecule has 0 bridgehead atoms. The topological polar surface area (TPSA) is 36.1 Å². The largest absolute Gasteiger partial charge is 0.360 e. The van der Waals surface area contributed by atoms with Crippen LogP contribution in [-0.4, -0.2) is 35.3 Å². The molecule has 0 amide bonds. The number of H-pyrrole nitrogens is 1. The number of carbonyl (C=O) groups is 1. The molecule has 0 saturated carbocycles. The number of nitrogens with zero attached hydrogens (tertiary/aromatic N) is 1. The Balaban J connectivity index is 2.01. The van der Waals surface area contributed by atoms with Crippen molar-refractivity contribution >= 4 is 32.6 Å². The first-order chi connectivity index (χ1) is 8.66. The molecule has 3 rings (SSSR count). The molecule has 18 heavy (non-hydrogen) atoms. The van der Waals surface area contributed by atoms with Crippen LogP contribution in [0.25, 0.3) is 10.9 Å². The van der Waals surface area contributed by atoms with Gasteiger partial charge in [0.05, 0.1) is 6.04 Å². The van der Waals surface area contributed by atoms with E-state index in [0.29, 0.717) is 0 Å². The number of aromatic nitrogens is 1. The first-order valence-electron chi connectivity index (χ1n) is 6.18. The van der Waals surface area contributed by atoms with Crippen molar-refractivity contribution in [2.45, 2.75) is 18.9 Å². The number of ketones is 1. The van der Waals surface area contributed by atoms with Gasteiger partial charge in [-0.3, -0.25) is 9.69 Å². The fourth-order valence-corrected chi connectivity index (χ4v) is 3.08. The number of hydrogen-bond acceptors (Lipinski definition) is 2. The smallest absolute Gasteiger partial charge is 0.182 e. The Bertz CT molecular complexity index is 605. The van der Waals surface area contributed by atoms with Crippen molar-refractivity contribution in [2.75, 3.05) is 13.6 Å². The van der Waals surface area contributed by atoms with Crippen molar-refractivity contribution in [3.05, 3.63) is 34.4 Å². The third kappa shape index (κ3) is 1.89. The summed E-state index contributed by atoms with van der Waals surface area (Å²) >= 11 is 3.44. The zero-order chi connectivity index (χ0) is 12.7. The summed E-state index contributed by atoms with van der Waals surface area (Å²) in [6, 6.07) is 6.03. The molecule has 1 N–H and O–H groups in total. The number of rotatable bonds is 2. The predicted molar refractivity (Wildman–Crippen MR) is 76.0 cm³/mol. The summed E-state index contributed by atoms with van der Waals surface area (Å²) in [5.74, 6) is 0.239. The van der Waals surface area contributed by atoms with Gasteiger partial charge in [0, 0.05) is 27.1 Å². The molecule has 3 nitrogen and oxygen atoms in total. The Labute approximate surface area is 114 Å². The summed E-state index contributed by atoms with van der Waals surface area (Å²) in [5, 5.41) is 1.02. The molecular formula is C14H15BrN2O. The molecule has 1 aromatic heterocycles. The van der Waals surface area contributed by atoms with Crippen LogP contribution in [0.1, 0.15) is 23.2 Å². The lowest BCUT2D eigenvalue weighted by Crippen LogP contribution is -2.32. The molecule has 1 fully saturated rings. The highest BCUT2D eigenvalue weighted by atomic mass is 79.9. The van der Waals surface area contributed by atoms with Crippen LogP contribution in [0.4, 0.5) is 0 Å². The van der Waals surface area contributed by atoms with Crippen molar-refractivity contribution < 1.29 is 4.79 Å². The minimum atomic E-state index is 0.0487. The molecule has 1 aliphatic rings. The van der Waals surface area contributed by atoms with E-state index < -0.39 is 0 Å². The second kappa shape index (κ2) is 4.52. The van der Waals surface area contributed by atoms with Gasteiger partial charge in [-0.05, 0) is 38.6 Å². The summed E-state index contributed by atoms with van der Waals surface area (Å²) in [6.07, 6.45) is 3.92. The van der Waals surface area contributed by atoms with Crippen LogP contribution in [-0.2, 0) is 0 Å². The van der Waals surface area contributed by atoms with Gasteiger partial charge < -0.3 is 4.98 Å². The summed E-state index contributed by atoms with van der Waals surface area (Å²) < 4.78 is 1.02. The van der Waals surface area contributed by atoms with Gasteiger partial charge >= 0.3 is 0 Å². The Morgan fingerprint density at radius 3 is 3.06 bits per heavy atom. The number of benzene rings is 1. The zero-order valence-corrected chi connectivity index (χ0v) is 11.8. The molecule has 94 valence electrons. The highest BCUT2D eigenvalue weighted by Gasteiger charge is 2.29. The molecule has 2 heterocycles. The summed E-state index contributed by atoms with van der Waals surface area (Å²) in [6.45, 7) is 1.02. The number of hydrogen-bond donors (Lipinski definition) is 1. The minimum Gasteiger partial charge on any atom is -0.360 e. The van der Waals surface area contributed by atoms with Gasteiger partial charge in [-0.2, -0.15) is 0 Å². The highest BCUT2D eigenvalue weighted by molar-refractivity contribution is 9.10. The molecule has 0 unspecified atom stereocenters. The third-order valence-electron chi connectivity index (χ3n) is 3.73. The van der Waals surface area contributed by atoms with E-state index >= 15 is 0 Å². The average Bonchev–Trinajstić information content (AvgIpc) is 2.94. The van der Waals surface area contributed by atoms with E-state index in [-0.39, 0.29) is 11.8 Å². The van der Waals surface area contributed by atoms with Gasteiger partial charge in [-0.25, -0.2) is 0 Å². The number of halogens is 1. The van der Waals surface area contributed by atoms with Crippen LogP contribution in [0.3, 0.4) is 0 Å². The first kappa shape index (κ1) is 11.9.